The number of ketones is 1. The zero-order valence-electron chi connectivity index (χ0n) is 9.57. The molecule has 0 fully saturated rings. The van der Waals surface area contributed by atoms with Gasteiger partial charge in [-0.1, -0.05) is 20.8 Å². The summed E-state index contributed by atoms with van der Waals surface area (Å²) >= 11 is 0. The van der Waals surface area contributed by atoms with Crippen LogP contribution in [-0.4, -0.2) is 15.6 Å². The lowest BCUT2D eigenvalue weighted by Crippen LogP contribution is -2.32. The fourth-order valence-electron chi connectivity index (χ4n) is 1.04. The number of carbonyl (C=O) groups excluding carboxylic acids is 1. The Hall–Kier alpha value is -1.45. The number of aryl methyl sites for hydroxylation is 1. The molecular formula is C11H16N2O2. The summed E-state index contributed by atoms with van der Waals surface area (Å²) in [6, 6.07) is 3.07. The van der Waals surface area contributed by atoms with E-state index in [4.69, 9.17) is 0 Å². The number of carbonyl (C=O) groups is 1. The molecule has 0 atom stereocenters. The normalized spacial score (nSPS) is 11.5. The van der Waals surface area contributed by atoms with Crippen LogP contribution in [0.3, 0.4) is 0 Å². The van der Waals surface area contributed by atoms with E-state index in [2.05, 4.69) is 5.10 Å². The third-order valence-electron chi connectivity index (χ3n) is 2.13. The Morgan fingerprint density at radius 2 is 2.00 bits per heavy atom. The Bertz CT molecular complexity index is 427. The fraction of sp³-hybridized carbons (Fsp3) is 0.545. The molecule has 0 radical (unpaired) electrons. The second-order valence-corrected chi connectivity index (χ2v) is 4.64. The molecule has 0 aliphatic heterocycles. The summed E-state index contributed by atoms with van der Waals surface area (Å²) in [6.45, 7) is 7.32. The van der Waals surface area contributed by atoms with Crippen molar-refractivity contribution >= 4 is 5.78 Å². The number of rotatable bonds is 2. The van der Waals surface area contributed by atoms with Crippen LogP contribution in [0.15, 0.2) is 16.9 Å². The van der Waals surface area contributed by atoms with Crippen LogP contribution < -0.4 is 5.56 Å². The Balaban J connectivity index is 2.95. The van der Waals surface area contributed by atoms with E-state index in [0.717, 1.165) is 5.69 Å². The summed E-state index contributed by atoms with van der Waals surface area (Å²) in [7, 11) is 0. The lowest BCUT2D eigenvalue weighted by molar-refractivity contribution is -0.127. The molecule has 0 saturated heterocycles. The van der Waals surface area contributed by atoms with Gasteiger partial charge in [0.15, 0.2) is 5.78 Å². The van der Waals surface area contributed by atoms with E-state index in [-0.39, 0.29) is 17.9 Å². The minimum Gasteiger partial charge on any atom is -0.297 e. The van der Waals surface area contributed by atoms with Crippen LogP contribution in [0.5, 0.6) is 0 Å². The highest BCUT2D eigenvalue weighted by Gasteiger charge is 2.21. The highest BCUT2D eigenvalue weighted by Crippen LogP contribution is 2.14. The third kappa shape index (κ3) is 3.01. The average molecular weight is 208 g/mol. The van der Waals surface area contributed by atoms with Gasteiger partial charge in [-0.05, 0) is 13.0 Å². The topological polar surface area (TPSA) is 52.0 Å². The van der Waals surface area contributed by atoms with Crippen molar-refractivity contribution in [1.82, 2.24) is 9.78 Å². The number of nitrogens with zero attached hydrogens (tertiary/aromatic N) is 2. The van der Waals surface area contributed by atoms with Crippen LogP contribution in [0.2, 0.25) is 0 Å². The Kier molecular flexibility index (Phi) is 3.07. The van der Waals surface area contributed by atoms with Crippen molar-refractivity contribution in [3.63, 3.8) is 0 Å². The predicted molar refractivity (Wildman–Crippen MR) is 57.7 cm³/mol. The van der Waals surface area contributed by atoms with E-state index in [1.54, 1.807) is 13.0 Å². The minimum absolute atomic E-state index is 0.00250. The van der Waals surface area contributed by atoms with Crippen LogP contribution >= 0.6 is 0 Å². The standard InChI is InChI=1S/C11H16N2O2/c1-8-5-6-10(15)13(12-8)7-9(14)11(2,3)4/h5-6H,7H2,1-4H3. The van der Waals surface area contributed by atoms with Crippen molar-refractivity contribution < 1.29 is 4.79 Å². The summed E-state index contributed by atoms with van der Waals surface area (Å²) in [5.41, 5.74) is 0.0553. The predicted octanol–water partition coefficient (Wildman–Crippen LogP) is 1.17. The minimum atomic E-state index is -0.440. The highest BCUT2D eigenvalue weighted by atomic mass is 16.1. The van der Waals surface area contributed by atoms with E-state index in [1.165, 1.54) is 10.7 Å². The SMILES string of the molecule is Cc1ccc(=O)n(CC(=O)C(C)(C)C)n1. The third-order valence-corrected chi connectivity index (χ3v) is 2.13. The lowest BCUT2D eigenvalue weighted by atomic mass is 9.91. The Morgan fingerprint density at radius 1 is 1.40 bits per heavy atom. The molecule has 0 spiro atoms. The lowest BCUT2D eigenvalue weighted by Gasteiger charge is -2.16. The fourth-order valence-corrected chi connectivity index (χ4v) is 1.04. The molecule has 4 heteroatoms. The summed E-state index contributed by atoms with van der Waals surface area (Å²) in [5.74, 6) is 0.00250. The van der Waals surface area contributed by atoms with Gasteiger partial charge in [0, 0.05) is 11.5 Å². The van der Waals surface area contributed by atoms with Crippen molar-refractivity contribution in [3.8, 4) is 0 Å². The van der Waals surface area contributed by atoms with Crippen molar-refractivity contribution in [3.05, 3.63) is 28.2 Å². The molecule has 1 aromatic heterocycles. The molecule has 0 aromatic carbocycles. The molecule has 1 rings (SSSR count). The first-order valence-corrected chi connectivity index (χ1v) is 4.89. The van der Waals surface area contributed by atoms with Crippen LogP contribution in [0.1, 0.15) is 26.5 Å². The van der Waals surface area contributed by atoms with Gasteiger partial charge in [-0.25, -0.2) is 4.68 Å². The first-order valence-electron chi connectivity index (χ1n) is 4.89. The molecule has 82 valence electrons. The quantitative estimate of drug-likeness (QED) is 0.733. The van der Waals surface area contributed by atoms with Crippen LogP contribution in [0, 0.1) is 12.3 Å². The van der Waals surface area contributed by atoms with E-state index in [9.17, 15) is 9.59 Å². The number of Topliss-reactive ketones (excluding diaryl/α,β-unsaturated/α-hetero) is 1. The maximum Gasteiger partial charge on any atom is 0.267 e. The van der Waals surface area contributed by atoms with Crippen molar-refractivity contribution in [1.29, 1.82) is 0 Å². The molecule has 0 unspecified atom stereocenters. The van der Waals surface area contributed by atoms with E-state index in [1.807, 2.05) is 20.8 Å². The zero-order valence-corrected chi connectivity index (χ0v) is 9.57. The largest absolute Gasteiger partial charge is 0.297 e. The Morgan fingerprint density at radius 3 is 2.53 bits per heavy atom. The van der Waals surface area contributed by atoms with Gasteiger partial charge in [-0.15, -0.1) is 0 Å². The molecule has 1 aromatic rings. The molecule has 0 bridgehead atoms. The number of hydrogen-bond acceptors (Lipinski definition) is 3. The number of aromatic nitrogens is 2. The maximum absolute atomic E-state index is 11.7. The monoisotopic (exact) mass is 208 g/mol. The van der Waals surface area contributed by atoms with Gasteiger partial charge in [-0.2, -0.15) is 5.10 Å². The number of hydrogen-bond donors (Lipinski definition) is 0. The average Bonchev–Trinajstić information content (AvgIpc) is 2.09. The molecule has 1 heterocycles. The Labute approximate surface area is 88.9 Å². The van der Waals surface area contributed by atoms with Crippen LogP contribution in [-0.2, 0) is 11.3 Å². The van der Waals surface area contributed by atoms with E-state index < -0.39 is 5.41 Å². The zero-order chi connectivity index (χ0) is 11.6. The van der Waals surface area contributed by atoms with Gasteiger partial charge in [0.1, 0.15) is 6.54 Å². The summed E-state index contributed by atoms with van der Waals surface area (Å²) in [4.78, 5) is 23.1. The molecule has 0 aliphatic rings. The van der Waals surface area contributed by atoms with Gasteiger partial charge < -0.3 is 0 Å². The van der Waals surface area contributed by atoms with Gasteiger partial charge in [0.2, 0.25) is 0 Å². The first-order chi connectivity index (χ1) is 6.80. The van der Waals surface area contributed by atoms with Gasteiger partial charge in [-0.3, -0.25) is 9.59 Å². The summed E-state index contributed by atoms with van der Waals surface area (Å²) in [5, 5.41) is 4.01. The molecule has 0 amide bonds. The van der Waals surface area contributed by atoms with Gasteiger partial charge in [0.05, 0.1) is 5.69 Å². The molecular weight excluding hydrogens is 192 g/mol. The van der Waals surface area contributed by atoms with Crippen molar-refractivity contribution in [2.24, 2.45) is 5.41 Å². The molecule has 0 aliphatic carbocycles. The van der Waals surface area contributed by atoms with E-state index in [0.29, 0.717) is 0 Å². The molecule has 4 nitrogen and oxygen atoms in total. The smallest absolute Gasteiger partial charge is 0.267 e. The van der Waals surface area contributed by atoms with Crippen molar-refractivity contribution in [2.45, 2.75) is 34.2 Å². The van der Waals surface area contributed by atoms with Crippen LogP contribution in [0.4, 0.5) is 0 Å². The second-order valence-electron chi connectivity index (χ2n) is 4.64. The van der Waals surface area contributed by atoms with Crippen molar-refractivity contribution in [2.75, 3.05) is 0 Å². The summed E-state index contributed by atoms with van der Waals surface area (Å²) < 4.78 is 1.21. The summed E-state index contributed by atoms with van der Waals surface area (Å²) in [6.07, 6.45) is 0. The van der Waals surface area contributed by atoms with Gasteiger partial charge in [0.25, 0.3) is 5.56 Å². The molecule has 0 N–H and O–H groups in total. The second kappa shape index (κ2) is 3.96. The molecule has 15 heavy (non-hydrogen) atoms. The van der Waals surface area contributed by atoms with E-state index >= 15 is 0 Å². The highest BCUT2D eigenvalue weighted by molar-refractivity contribution is 5.83. The van der Waals surface area contributed by atoms with Gasteiger partial charge >= 0.3 is 0 Å². The first kappa shape index (κ1) is 11.6. The van der Waals surface area contributed by atoms with Crippen LogP contribution in [0.25, 0.3) is 0 Å². The molecule has 0 saturated carbocycles. The maximum atomic E-state index is 11.7.